The van der Waals surface area contributed by atoms with Gasteiger partial charge in [0.15, 0.2) is 0 Å². The summed E-state index contributed by atoms with van der Waals surface area (Å²) in [4.78, 5) is 16.2. The molecule has 1 N–H and O–H groups in total. The van der Waals surface area contributed by atoms with Crippen LogP contribution < -0.4 is 5.43 Å². The first-order valence-corrected chi connectivity index (χ1v) is 7.07. The number of aromatic nitrogens is 2. The van der Waals surface area contributed by atoms with Crippen LogP contribution in [0, 0.1) is 0 Å². The van der Waals surface area contributed by atoms with Crippen molar-refractivity contribution in [1.29, 1.82) is 0 Å². The van der Waals surface area contributed by atoms with Crippen LogP contribution in [0.25, 0.3) is 11.0 Å². The fraction of sp³-hybridized carbons (Fsp3) is 0.0625. The van der Waals surface area contributed by atoms with Crippen LogP contribution in [0.4, 0.5) is 0 Å². The molecule has 5 nitrogen and oxygen atoms in total. The number of para-hydroxylation sites is 2. The highest BCUT2D eigenvalue weighted by Gasteiger charge is 2.05. The molecule has 0 radical (unpaired) electrons. The monoisotopic (exact) mass is 312 g/mol. The van der Waals surface area contributed by atoms with Crippen LogP contribution in [-0.2, 0) is 11.3 Å². The number of hydrogen-bond acceptors (Lipinski definition) is 3. The molecule has 1 heterocycles. The van der Waals surface area contributed by atoms with Gasteiger partial charge in [-0.25, -0.2) is 10.4 Å². The van der Waals surface area contributed by atoms with E-state index in [1.165, 1.54) is 0 Å². The van der Waals surface area contributed by atoms with Gasteiger partial charge < -0.3 is 4.57 Å². The summed E-state index contributed by atoms with van der Waals surface area (Å²) in [7, 11) is 0. The zero-order valence-corrected chi connectivity index (χ0v) is 12.4. The number of hydrogen-bond donors (Lipinski definition) is 1. The number of benzene rings is 2. The molecule has 0 saturated heterocycles. The predicted molar refractivity (Wildman–Crippen MR) is 86.9 cm³/mol. The summed E-state index contributed by atoms with van der Waals surface area (Å²) >= 11 is 5.88. The Morgan fingerprint density at radius 2 is 2.14 bits per heavy atom. The molecular formula is C16H13ClN4O. The molecule has 1 aromatic heterocycles. The summed E-state index contributed by atoms with van der Waals surface area (Å²) in [5, 5.41) is 4.55. The molecule has 0 unspecified atom stereocenters. The number of fused-ring (bicyclic) bond motifs is 1. The van der Waals surface area contributed by atoms with Crippen molar-refractivity contribution in [3.05, 3.63) is 65.4 Å². The third-order valence-corrected chi connectivity index (χ3v) is 3.33. The Morgan fingerprint density at radius 1 is 1.27 bits per heavy atom. The molecule has 1 amide bonds. The number of carbonyl (C=O) groups is 1. The lowest BCUT2D eigenvalue weighted by Gasteiger charge is -2.02. The predicted octanol–water partition coefficient (Wildman–Crippen LogP) is 2.84. The van der Waals surface area contributed by atoms with Crippen LogP contribution in [-0.4, -0.2) is 21.7 Å². The number of nitrogens with one attached hydrogen (secondary N) is 1. The van der Waals surface area contributed by atoms with Crippen molar-refractivity contribution in [1.82, 2.24) is 15.0 Å². The molecule has 0 aliphatic carbocycles. The number of nitrogens with zero attached hydrogens (tertiary/aromatic N) is 3. The second-order valence-electron chi connectivity index (χ2n) is 4.71. The summed E-state index contributed by atoms with van der Waals surface area (Å²) in [6.07, 6.45) is 3.20. The Labute approximate surface area is 132 Å². The Bertz CT molecular complexity index is 841. The van der Waals surface area contributed by atoms with E-state index in [0.717, 1.165) is 16.6 Å². The van der Waals surface area contributed by atoms with Crippen LogP contribution in [0.1, 0.15) is 5.56 Å². The highest BCUT2D eigenvalue weighted by Crippen LogP contribution is 2.11. The fourth-order valence-corrected chi connectivity index (χ4v) is 2.29. The minimum absolute atomic E-state index is 0.160. The average molecular weight is 313 g/mol. The first-order valence-electron chi connectivity index (χ1n) is 6.70. The summed E-state index contributed by atoms with van der Waals surface area (Å²) < 4.78 is 1.78. The van der Waals surface area contributed by atoms with Gasteiger partial charge in [0.1, 0.15) is 6.54 Å². The molecule has 0 bridgehead atoms. The van der Waals surface area contributed by atoms with Crippen molar-refractivity contribution < 1.29 is 4.79 Å². The van der Waals surface area contributed by atoms with E-state index in [1.807, 2.05) is 36.4 Å². The highest BCUT2D eigenvalue weighted by atomic mass is 35.5. The van der Waals surface area contributed by atoms with Crippen LogP contribution in [0.5, 0.6) is 0 Å². The van der Waals surface area contributed by atoms with E-state index in [2.05, 4.69) is 15.5 Å². The Balaban J connectivity index is 1.63. The molecule has 0 saturated carbocycles. The van der Waals surface area contributed by atoms with Gasteiger partial charge in [-0.3, -0.25) is 4.79 Å². The van der Waals surface area contributed by atoms with E-state index < -0.39 is 0 Å². The topological polar surface area (TPSA) is 59.3 Å². The van der Waals surface area contributed by atoms with E-state index in [-0.39, 0.29) is 12.5 Å². The molecule has 110 valence electrons. The van der Waals surface area contributed by atoms with Gasteiger partial charge in [-0.2, -0.15) is 5.10 Å². The molecule has 6 heteroatoms. The summed E-state index contributed by atoms with van der Waals surface area (Å²) in [5.74, 6) is -0.221. The number of amides is 1. The zero-order chi connectivity index (χ0) is 15.4. The van der Waals surface area contributed by atoms with E-state index in [0.29, 0.717) is 5.02 Å². The quantitative estimate of drug-likeness (QED) is 0.595. The second-order valence-corrected chi connectivity index (χ2v) is 5.15. The van der Waals surface area contributed by atoms with E-state index in [4.69, 9.17) is 11.6 Å². The molecule has 0 aliphatic heterocycles. The molecule has 22 heavy (non-hydrogen) atoms. The lowest BCUT2D eigenvalue weighted by atomic mass is 10.2. The number of halogens is 1. The fourth-order valence-electron chi connectivity index (χ4n) is 2.09. The smallest absolute Gasteiger partial charge is 0.260 e. The van der Waals surface area contributed by atoms with Crippen molar-refractivity contribution in [3.8, 4) is 0 Å². The molecule has 3 aromatic rings. The molecular weight excluding hydrogens is 300 g/mol. The highest BCUT2D eigenvalue weighted by molar-refractivity contribution is 6.30. The second kappa shape index (κ2) is 6.41. The first kappa shape index (κ1) is 14.3. The van der Waals surface area contributed by atoms with E-state index in [1.54, 1.807) is 29.2 Å². The van der Waals surface area contributed by atoms with Crippen LogP contribution in [0.2, 0.25) is 5.02 Å². The van der Waals surface area contributed by atoms with Gasteiger partial charge in [-0.15, -0.1) is 0 Å². The standard InChI is InChI=1S/C16H13ClN4O/c17-13-5-3-4-12(8-13)9-19-20-16(22)10-21-11-18-14-6-1-2-7-15(14)21/h1-9,11H,10H2,(H,20,22). The minimum atomic E-state index is -0.221. The molecule has 3 rings (SSSR count). The van der Waals surface area contributed by atoms with Gasteiger partial charge in [0.25, 0.3) is 5.91 Å². The minimum Gasteiger partial charge on any atom is -0.321 e. The lowest BCUT2D eigenvalue weighted by molar-refractivity contribution is -0.121. The third-order valence-electron chi connectivity index (χ3n) is 3.09. The van der Waals surface area contributed by atoms with Crippen LogP contribution in [0.15, 0.2) is 60.0 Å². The first-order chi connectivity index (χ1) is 10.7. The average Bonchev–Trinajstić information content (AvgIpc) is 2.91. The number of hydrazone groups is 1. The molecule has 2 aromatic carbocycles. The molecule has 0 spiro atoms. The van der Waals surface area contributed by atoms with Gasteiger partial charge in [-0.1, -0.05) is 35.9 Å². The van der Waals surface area contributed by atoms with Crippen LogP contribution >= 0.6 is 11.6 Å². The Kier molecular flexibility index (Phi) is 4.16. The third kappa shape index (κ3) is 3.32. The van der Waals surface area contributed by atoms with Crippen LogP contribution in [0.3, 0.4) is 0 Å². The van der Waals surface area contributed by atoms with Gasteiger partial charge in [-0.05, 0) is 29.8 Å². The maximum absolute atomic E-state index is 11.9. The number of rotatable bonds is 4. The van der Waals surface area contributed by atoms with Crippen molar-refractivity contribution in [2.24, 2.45) is 5.10 Å². The summed E-state index contributed by atoms with van der Waals surface area (Å²) in [6, 6.07) is 14.9. The molecule has 0 aliphatic rings. The molecule has 0 fully saturated rings. The number of carbonyl (C=O) groups excluding carboxylic acids is 1. The maximum atomic E-state index is 11.9. The van der Waals surface area contributed by atoms with Gasteiger partial charge >= 0.3 is 0 Å². The molecule has 0 atom stereocenters. The summed E-state index contributed by atoms with van der Waals surface area (Å²) in [6.45, 7) is 0.160. The van der Waals surface area contributed by atoms with Gasteiger partial charge in [0, 0.05) is 5.02 Å². The maximum Gasteiger partial charge on any atom is 0.260 e. The van der Waals surface area contributed by atoms with Crippen molar-refractivity contribution in [3.63, 3.8) is 0 Å². The van der Waals surface area contributed by atoms with Crippen molar-refractivity contribution >= 4 is 34.8 Å². The Hall–Kier alpha value is -2.66. The SMILES string of the molecule is O=C(Cn1cnc2ccccc21)NN=Cc1cccc(Cl)c1. The zero-order valence-electron chi connectivity index (χ0n) is 11.6. The van der Waals surface area contributed by atoms with Crippen molar-refractivity contribution in [2.45, 2.75) is 6.54 Å². The number of imidazole rings is 1. The van der Waals surface area contributed by atoms with E-state index in [9.17, 15) is 4.79 Å². The van der Waals surface area contributed by atoms with Crippen molar-refractivity contribution in [2.75, 3.05) is 0 Å². The normalized spacial score (nSPS) is 11.1. The summed E-state index contributed by atoms with van der Waals surface area (Å²) in [5.41, 5.74) is 5.09. The Morgan fingerprint density at radius 3 is 3.00 bits per heavy atom. The lowest BCUT2D eigenvalue weighted by Crippen LogP contribution is -2.22. The van der Waals surface area contributed by atoms with E-state index >= 15 is 0 Å². The van der Waals surface area contributed by atoms with Gasteiger partial charge in [0.05, 0.1) is 23.6 Å². The largest absolute Gasteiger partial charge is 0.321 e. The van der Waals surface area contributed by atoms with Gasteiger partial charge in [0.2, 0.25) is 0 Å².